The average Bonchev–Trinajstić information content (AvgIpc) is 3.16. The molecule has 1 aliphatic heterocycles. The van der Waals surface area contributed by atoms with Gasteiger partial charge in [-0.2, -0.15) is 0 Å². The monoisotopic (exact) mass is 507 g/mol. The van der Waals surface area contributed by atoms with Gasteiger partial charge in [0.05, 0.1) is 17.5 Å². The summed E-state index contributed by atoms with van der Waals surface area (Å²) in [6, 6.07) is 13.0. The molecule has 2 aromatic carbocycles. The maximum atomic E-state index is 13.9. The number of aromatic hydroxyl groups is 1. The summed E-state index contributed by atoms with van der Waals surface area (Å²) >= 11 is 0. The average molecular weight is 508 g/mol. The summed E-state index contributed by atoms with van der Waals surface area (Å²) in [6.07, 6.45) is 3.87. The summed E-state index contributed by atoms with van der Waals surface area (Å²) in [5.41, 5.74) is 3.70. The Hall–Kier alpha value is -4.39. The largest absolute Gasteiger partial charge is 0.508 e. The number of hydrogen-bond donors (Lipinski definition) is 1. The van der Waals surface area contributed by atoms with Crippen LogP contribution in [0, 0.1) is 17.8 Å². The van der Waals surface area contributed by atoms with Gasteiger partial charge < -0.3 is 5.11 Å². The number of carbonyl (C=O) groups is 5. The molecule has 0 saturated carbocycles. The van der Waals surface area contributed by atoms with Crippen molar-refractivity contribution in [3.05, 3.63) is 94.1 Å². The van der Waals surface area contributed by atoms with Crippen LogP contribution in [0.1, 0.15) is 48.5 Å². The number of nitrogens with zero attached hydrogens (tertiary/aromatic N) is 1. The molecule has 0 radical (unpaired) electrons. The van der Waals surface area contributed by atoms with Gasteiger partial charge in [-0.15, -0.1) is 0 Å². The third kappa shape index (κ3) is 3.45. The van der Waals surface area contributed by atoms with Crippen LogP contribution in [-0.4, -0.2) is 34.3 Å². The zero-order chi connectivity index (χ0) is 26.9. The number of hydrogen-bond acceptors (Lipinski definition) is 6. The van der Waals surface area contributed by atoms with Gasteiger partial charge in [0.2, 0.25) is 11.8 Å². The Morgan fingerprint density at radius 1 is 0.921 bits per heavy atom. The molecule has 1 heterocycles. The van der Waals surface area contributed by atoms with Gasteiger partial charge in [0.1, 0.15) is 5.75 Å². The topological polar surface area (TPSA) is 109 Å². The van der Waals surface area contributed by atoms with Crippen molar-refractivity contribution in [3.63, 3.8) is 0 Å². The third-order valence-corrected chi connectivity index (χ3v) is 8.32. The van der Waals surface area contributed by atoms with E-state index in [1.54, 1.807) is 55.5 Å². The molecule has 0 bridgehead atoms. The van der Waals surface area contributed by atoms with Crippen LogP contribution < -0.4 is 4.90 Å². The fourth-order valence-corrected chi connectivity index (χ4v) is 6.51. The standard InChI is InChI=1S/C31H25NO6/c1-15-13-25(35)24-14-23-21(26(28(24)29(15)36)18-5-9-20(34)10-6-18)11-12-22-27(23)31(38)32(30(22)37)19-7-3-17(4-8-19)16(2)33/h3-11,13,22-23,26-27,34H,12,14H2,1-2H3. The first-order chi connectivity index (χ1) is 18.2. The minimum absolute atomic E-state index is 0.0816. The molecule has 7 heteroatoms. The molecule has 4 aliphatic rings. The first-order valence-corrected chi connectivity index (χ1v) is 12.7. The van der Waals surface area contributed by atoms with Crippen molar-refractivity contribution in [2.45, 2.75) is 32.6 Å². The van der Waals surface area contributed by atoms with E-state index >= 15 is 0 Å². The summed E-state index contributed by atoms with van der Waals surface area (Å²) in [5, 5.41) is 9.86. The first-order valence-electron chi connectivity index (χ1n) is 12.7. The molecular weight excluding hydrogens is 482 g/mol. The Kier molecular flexibility index (Phi) is 5.42. The van der Waals surface area contributed by atoms with E-state index in [2.05, 4.69) is 0 Å². The van der Waals surface area contributed by atoms with Crippen LogP contribution >= 0.6 is 0 Å². The Morgan fingerprint density at radius 2 is 1.61 bits per heavy atom. The van der Waals surface area contributed by atoms with E-state index in [1.807, 2.05) is 6.08 Å². The predicted molar refractivity (Wildman–Crippen MR) is 138 cm³/mol. The van der Waals surface area contributed by atoms with Crippen molar-refractivity contribution in [2.24, 2.45) is 17.8 Å². The van der Waals surface area contributed by atoms with Crippen molar-refractivity contribution in [3.8, 4) is 5.75 Å². The molecule has 4 atom stereocenters. The molecule has 7 nitrogen and oxygen atoms in total. The number of allylic oxidation sites excluding steroid dienone is 6. The summed E-state index contributed by atoms with van der Waals surface area (Å²) in [4.78, 5) is 66.8. The molecule has 6 rings (SSSR count). The molecule has 0 spiro atoms. The van der Waals surface area contributed by atoms with Gasteiger partial charge in [0.25, 0.3) is 0 Å². The van der Waals surface area contributed by atoms with Crippen LogP contribution in [-0.2, 0) is 19.2 Å². The number of phenols is 1. The molecule has 3 aliphatic carbocycles. The quantitative estimate of drug-likeness (QED) is 0.288. The number of rotatable bonds is 3. The molecule has 190 valence electrons. The molecular formula is C31H25NO6. The Balaban J connectivity index is 1.44. The molecule has 38 heavy (non-hydrogen) atoms. The molecule has 0 aromatic heterocycles. The van der Waals surface area contributed by atoms with Crippen molar-refractivity contribution >= 4 is 34.9 Å². The molecule has 1 saturated heterocycles. The number of benzene rings is 2. The number of anilines is 1. The van der Waals surface area contributed by atoms with Crippen LogP contribution in [0.2, 0.25) is 0 Å². The normalized spacial score (nSPS) is 26.5. The van der Waals surface area contributed by atoms with E-state index in [0.29, 0.717) is 34.4 Å². The van der Waals surface area contributed by atoms with E-state index in [4.69, 9.17) is 0 Å². The van der Waals surface area contributed by atoms with Crippen LogP contribution in [0.15, 0.2) is 83.0 Å². The first kappa shape index (κ1) is 24.0. The van der Waals surface area contributed by atoms with E-state index in [9.17, 15) is 29.1 Å². The highest BCUT2D eigenvalue weighted by molar-refractivity contribution is 6.25. The second kappa shape index (κ2) is 8.58. The minimum atomic E-state index is -0.668. The van der Waals surface area contributed by atoms with Gasteiger partial charge in [-0.05, 0) is 80.6 Å². The minimum Gasteiger partial charge on any atom is -0.508 e. The van der Waals surface area contributed by atoms with Gasteiger partial charge in [-0.25, -0.2) is 0 Å². The highest BCUT2D eigenvalue weighted by atomic mass is 16.3. The van der Waals surface area contributed by atoms with Crippen LogP contribution in [0.25, 0.3) is 0 Å². The second-order valence-electron chi connectivity index (χ2n) is 10.4. The van der Waals surface area contributed by atoms with Crippen LogP contribution in [0.4, 0.5) is 5.69 Å². The van der Waals surface area contributed by atoms with Crippen molar-refractivity contribution in [1.29, 1.82) is 0 Å². The highest BCUT2D eigenvalue weighted by Gasteiger charge is 2.56. The molecule has 2 amide bonds. The van der Waals surface area contributed by atoms with Crippen LogP contribution in [0.3, 0.4) is 0 Å². The highest BCUT2D eigenvalue weighted by Crippen LogP contribution is 2.55. The second-order valence-corrected chi connectivity index (χ2v) is 10.4. The number of imide groups is 1. The smallest absolute Gasteiger partial charge is 0.238 e. The fourth-order valence-electron chi connectivity index (χ4n) is 6.51. The van der Waals surface area contributed by atoms with E-state index in [0.717, 1.165) is 11.1 Å². The number of ketones is 3. The van der Waals surface area contributed by atoms with E-state index in [-0.39, 0.29) is 41.3 Å². The van der Waals surface area contributed by atoms with E-state index in [1.165, 1.54) is 17.9 Å². The predicted octanol–water partition coefficient (Wildman–Crippen LogP) is 4.23. The number of amides is 2. The number of carbonyl (C=O) groups excluding carboxylic acids is 5. The molecule has 2 aromatic rings. The van der Waals surface area contributed by atoms with Gasteiger partial charge in [-0.3, -0.25) is 28.9 Å². The van der Waals surface area contributed by atoms with Gasteiger partial charge in [0.15, 0.2) is 17.3 Å². The lowest BCUT2D eigenvalue weighted by atomic mass is 9.59. The van der Waals surface area contributed by atoms with Crippen molar-refractivity contribution < 1.29 is 29.1 Å². The lowest BCUT2D eigenvalue weighted by molar-refractivity contribution is -0.123. The number of phenolic OH excluding ortho intramolecular Hbond substituents is 1. The fraction of sp³-hybridized carbons (Fsp3) is 0.258. The summed E-state index contributed by atoms with van der Waals surface area (Å²) in [5.74, 6) is -3.30. The molecule has 1 fully saturated rings. The maximum Gasteiger partial charge on any atom is 0.238 e. The summed E-state index contributed by atoms with van der Waals surface area (Å²) < 4.78 is 0. The third-order valence-electron chi connectivity index (χ3n) is 8.32. The van der Waals surface area contributed by atoms with Crippen LogP contribution in [0.5, 0.6) is 5.75 Å². The molecule has 1 N–H and O–H groups in total. The number of fused-ring (bicyclic) bond motifs is 3. The molecule has 4 unspecified atom stereocenters. The Labute approximate surface area is 219 Å². The lowest BCUT2D eigenvalue weighted by Gasteiger charge is -2.42. The van der Waals surface area contributed by atoms with Gasteiger partial charge in [-0.1, -0.05) is 23.8 Å². The lowest BCUT2D eigenvalue weighted by Crippen LogP contribution is -2.39. The van der Waals surface area contributed by atoms with Crippen molar-refractivity contribution in [1.82, 2.24) is 0 Å². The SMILES string of the molecule is CC(=O)c1ccc(N2C(=O)C3CC=C4C(c5ccc(O)cc5)C5=C(CC4C3C2=O)C(=O)C=C(C)C5=O)cc1. The maximum absolute atomic E-state index is 13.9. The zero-order valence-electron chi connectivity index (χ0n) is 20.9. The summed E-state index contributed by atoms with van der Waals surface area (Å²) in [6.45, 7) is 3.08. The zero-order valence-corrected chi connectivity index (χ0v) is 20.9. The van der Waals surface area contributed by atoms with Crippen molar-refractivity contribution in [2.75, 3.05) is 4.90 Å². The van der Waals surface area contributed by atoms with Gasteiger partial charge in [0, 0.05) is 28.2 Å². The Bertz CT molecular complexity index is 1540. The van der Waals surface area contributed by atoms with E-state index < -0.39 is 23.7 Å². The van der Waals surface area contributed by atoms with Gasteiger partial charge >= 0.3 is 0 Å². The summed E-state index contributed by atoms with van der Waals surface area (Å²) in [7, 11) is 0. The number of Topliss-reactive ketones (excluding diaryl/α,β-unsaturated/α-hetero) is 2. The Morgan fingerprint density at radius 3 is 2.26 bits per heavy atom.